The van der Waals surface area contributed by atoms with Crippen molar-refractivity contribution >= 4 is 25.3 Å². The molecule has 0 aromatic heterocycles. The van der Waals surface area contributed by atoms with Crippen LogP contribution in [-0.2, 0) is 18.9 Å². The van der Waals surface area contributed by atoms with Gasteiger partial charge in [0.15, 0.2) is 0 Å². The molecule has 0 aromatic rings. The normalized spacial score (nSPS) is 21.9. The summed E-state index contributed by atoms with van der Waals surface area (Å²) in [6, 6.07) is -1.75. The second-order valence-corrected chi connectivity index (χ2v) is 7.80. The van der Waals surface area contributed by atoms with Gasteiger partial charge in [-0.25, -0.2) is 5.09 Å². The van der Waals surface area contributed by atoms with Gasteiger partial charge in [0, 0.05) is 19.5 Å². The fourth-order valence-corrected chi connectivity index (χ4v) is 4.10. The zero-order valence-corrected chi connectivity index (χ0v) is 14.8. The van der Waals surface area contributed by atoms with Gasteiger partial charge in [0.05, 0.1) is 12.1 Å². The van der Waals surface area contributed by atoms with E-state index in [1.54, 1.807) is 0 Å². The van der Waals surface area contributed by atoms with Crippen LogP contribution < -0.4 is 27.4 Å². The van der Waals surface area contributed by atoms with Gasteiger partial charge in [-0.2, -0.15) is 0 Å². The third kappa shape index (κ3) is 5.86. The minimum absolute atomic E-state index is 0.0279. The molecule has 1 fully saturated rings. The van der Waals surface area contributed by atoms with Crippen molar-refractivity contribution in [2.45, 2.75) is 51.1 Å². The van der Waals surface area contributed by atoms with Crippen LogP contribution in [0.5, 0.6) is 0 Å². The third-order valence-corrected chi connectivity index (χ3v) is 5.50. The Bertz CT molecular complexity index is 529. The van der Waals surface area contributed by atoms with E-state index in [9.17, 15) is 18.9 Å². The molecule has 10 nitrogen and oxygen atoms in total. The fourth-order valence-electron chi connectivity index (χ4n) is 2.39. The predicted molar refractivity (Wildman–Crippen MR) is 89.4 cm³/mol. The number of carbonyl (C=O) groups excluding carboxylic acids is 3. The van der Waals surface area contributed by atoms with Crippen molar-refractivity contribution < 1.29 is 18.9 Å². The lowest BCUT2D eigenvalue weighted by Crippen LogP contribution is -2.53. The number of carbonyl (C=O) groups is 3. The molecule has 8 N–H and O–H groups in total. The SMILES string of the molecule is CCCNC(=O)C(CCC(N)=O)NP(N)(=O)N1CCC[C@H](N)C1=O. The number of nitrogens with two attached hydrogens (primary N) is 3. The number of rotatable bonds is 9. The summed E-state index contributed by atoms with van der Waals surface area (Å²) in [5.74, 6) is -1.55. The third-order valence-electron chi connectivity index (χ3n) is 3.70. The summed E-state index contributed by atoms with van der Waals surface area (Å²) in [6.07, 6.45) is 1.74. The van der Waals surface area contributed by atoms with Crippen molar-refractivity contribution in [2.24, 2.45) is 17.0 Å². The number of nitrogens with one attached hydrogen (secondary N) is 2. The minimum atomic E-state index is -3.82. The van der Waals surface area contributed by atoms with Crippen molar-refractivity contribution in [3.8, 4) is 0 Å². The van der Waals surface area contributed by atoms with Gasteiger partial charge in [0.2, 0.25) is 17.7 Å². The van der Waals surface area contributed by atoms with Crippen molar-refractivity contribution in [2.75, 3.05) is 13.1 Å². The molecule has 24 heavy (non-hydrogen) atoms. The highest BCUT2D eigenvalue weighted by Gasteiger charge is 2.38. The van der Waals surface area contributed by atoms with E-state index >= 15 is 0 Å². The van der Waals surface area contributed by atoms with Crippen LogP contribution in [0.4, 0.5) is 0 Å². The van der Waals surface area contributed by atoms with Gasteiger partial charge in [-0.05, 0) is 25.7 Å². The van der Waals surface area contributed by atoms with Crippen molar-refractivity contribution in [1.29, 1.82) is 0 Å². The highest BCUT2D eigenvalue weighted by atomic mass is 31.2. The molecule has 3 amide bonds. The Morgan fingerprint density at radius 2 is 2.12 bits per heavy atom. The van der Waals surface area contributed by atoms with E-state index in [4.69, 9.17) is 17.0 Å². The van der Waals surface area contributed by atoms with Gasteiger partial charge in [-0.1, -0.05) is 6.92 Å². The smallest absolute Gasteiger partial charge is 0.306 e. The van der Waals surface area contributed by atoms with Crippen LogP contribution in [0.15, 0.2) is 0 Å². The molecule has 0 radical (unpaired) electrons. The van der Waals surface area contributed by atoms with Gasteiger partial charge < -0.3 is 16.8 Å². The quantitative estimate of drug-likeness (QED) is 0.319. The second-order valence-electron chi connectivity index (χ2n) is 5.81. The Morgan fingerprint density at radius 3 is 2.71 bits per heavy atom. The number of hydrogen-bond donors (Lipinski definition) is 5. The molecule has 11 heteroatoms. The first-order valence-corrected chi connectivity index (χ1v) is 9.71. The molecule has 1 aliphatic rings. The molecular formula is C13H27N6O4P. The molecule has 1 aliphatic heterocycles. The average Bonchev–Trinajstić information content (AvgIpc) is 2.51. The maximum atomic E-state index is 12.8. The molecule has 0 spiro atoms. The lowest BCUT2D eigenvalue weighted by atomic mass is 10.1. The Kier molecular flexibility index (Phi) is 7.82. The predicted octanol–water partition coefficient (Wildman–Crippen LogP) is -1.25. The minimum Gasteiger partial charge on any atom is -0.370 e. The molecule has 0 aliphatic carbocycles. The zero-order chi connectivity index (χ0) is 18.3. The van der Waals surface area contributed by atoms with E-state index in [1.165, 1.54) is 0 Å². The fraction of sp³-hybridized carbons (Fsp3) is 0.769. The topological polar surface area (TPSA) is 174 Å². The maximum absolute atomic E-state index is 12.8. The lowest BCUT2D eigenvalue weighted by Gasteiger charge is -2.36. The summed E-state index contributed by atoms with van der Waals surface area (Å²) in [5, 5.41) is 5.18. The number of piperidine rings is 1. The summed E-state index contributed by atoms with van der Waals surface area (Å²) >= 11 is 0. The van der Waals surface area contributed by atoms with Gasteiger partial charge >= 0.3 is 7.59 Å². The molecule has 0 bridgehead atoms. The summed E-state index contributed by atoms with van der Waals surface area (Å²) in [6.45, 7) is 2.51. The highest BCUT2D eigenvalue weighted by molar-refractivity contribution is 7.57. The Hall–Kier alpha value is -1.48. The number of nitrogens with zero attached hydrogens (tertiary/aromatic N) is 1. The summed E-state index contributed by atoms with van der Waals surface area (Å²) in [7, 11) is -3.82. The Balaban J connectivity index is 2.85. The van der Waals surface area contributed by atoms with Crippen LogP contribution >= 0.6 is 7.59 Å². The largest absolute Gasteiger partial charge is 0.370 e. The van der Waals surface area contributed by atoms with Crippen LogP contribution in [0.25, 0.3) is 0 Å². The van der Waals surface area contributed by atoms with Crippen LogP contribution in [0, 0.1) is 0 Å². The van der Waals surface area contributed by atoms with E-state index < -0.39 is 37.4 Å². The zero-order valence-electron chi connectivity index (χ0n) is 13.9. The first-order chi connectivity index (χ1) is 11.2. The van der Waals surface area contributed by atoms with Crippen molar-refractivity contribution in [1.82, 2.24) is 15.1 Å². The Labute approximate surface area is 141 Å². The van der Waals surface area contributed by atoms with E-state index in [2.05, 4.69) is 10.4 Å². The standard InChI is InChI=1S/C13H27N6O4P/c1-2-7-17-12(21)10(5-6-11(15)20)18-24(16,23)19-8-3-4-9(14)13(19)22/h9-10H,2-8,14H2,1H3,(H2,15,20)(H,17,21)(H3,16,18,23)/t9-,10?,24?/m0/s1. The molecule has 3 atom stereocenters. The van der Waals surface area contributed by atoms with E-state index in [-0.39, 0.29) is 19.4 Å². The summed E-state index contributed by atoms with van der Waals surface area (Å²) in [5.41, 5.74) is 16.6. The molecule has 0 saturated carbocycles. The van der Waals surface area contributed by atoms with Crippen LogP contribution in [0.1, 0.15) is 39.0 Å². The first-order valence-electron chi connectivity index (χ1n) is 7.99. The molecule has 138 valence electrons. The van der Waals surface area contributed by atoms with Crippen LogP contribution in [0.2, 0.25) is 0 Å². The monoisotopic (exact) mass is 362 g/mol. The average molecular weight is 362 g/mol. The number of hydrogen-bond acceptors (Lipinski definition) is 5. The molecule has 0 aromatic carbocycles. The summed E-state index contributed by atoms with van der Waals surface area (Å²) in [4.78, 5) is 35.3. The van der Waals surface area contributed by atoms with E-state index in [0.29, 0.717) is 25.8 Å². The molecule has 2 unspecified atom stereocenters. The van der Waals surface area contributed by atoms with E-state index in [0.717, 1.165) is 4.67 Å². The maximum Gasteiger partial charge on any atom is 0.306 e. The number of amides is 3. The first kappa shape index (κ1) is 20.6. The molecule has 1 rings (SSSR count). The van der Waals surface area contributed by atoms with Gasteiger partial charge in [0.1, 0.15) is 0 Å². The lowest BCUT2D eigenvalue weighted by molar-refractivity contribution is -0.130. The highest BCUT2D eigenvalue weighted by Crippen LogP contribution is 2.40. The molecule has 1 heterocycles. The van der Waals surface area contributed by atoms with Crippen molar-refractivity contribution in [3.05, 3.63) is 0 Å². The second kappa shape index (κ2) is 9.12. The van der Waals surface area contributed by atoms with Crippen LogP contribution in [0.3, 0.4) is 0 Å². The molecule has 1 saturated heterocycles. The van der Waals surface area contributed by atoms with Crippen LogP contribution in [-0.4, -0.2) is 47.6 Å². The van der Waals surface area contributed by atoms with Gasteiger partial charge in [-0.3, -0.25) is 29.1 Å². The van der Waals surface area contributed by atoms with E-state index in [1.807, 2.05) is 6.92 Å². The number of primary amides is 1. The molecular weight excluding hydrogens is 335 g/mol. The van der Waals surface area contributed by atoms with Gasteiger partial charge in [-0.15, -0.1) is 0 Å². The summed E-state index contributed by atoms with van der Waals surface area (Å²) < 4.78 is 13.8. The Morgan fingerprint density at radius 1 is 1.46 bits per heavy atom. The van der Waals surface area contributed by atoms with Crippen molar-refractivity contribution in [3.63, 3.8) is 0 Å². The van der Waals surface area contributed by atoms with Gasteiger partial charge in [0.25, 0.3) is 0 Å².